The fraction of sp³-hybridized carbons (Fsp3) is 0.333. The van der Waals surface area contributed by atoms with Crippen LogP contribution >= 0.6 is 15.9 Å². The third kappa shape index (κ3) is 2.29. The minimum absolute atomic E-state index is 0.206. The van der Waals surface area contributed by atoms with E-state index in [9.17, 15) is 4.39 Å². The molecule has 0 spiro atoms. The summed E-state index contributed by atoms with van der Waals surface area (Å²) in [7, 11) is 0. The second-order valence-corrected chi connectivity index (χ2v) is 3.76. The molecule has 0 amide bonds. The van der Waals surface area contributed by atoms with Gasteiger partial charge in [-0.25, -0.2) is 4.39 Å². The van der Waals surface area contributed by atoms with Crippen LogP contribution in [0.15, 0.2) is 22.7 Å². The van der Waals surface area contributed by atoms with Gasteiger partial charge in [0.25, 0.3) is 0 Å². The number of rotatable bonds is 2. The molecule has 1 nitrogen and oxygen atoms in total. The molecule has 3 heteroatoms. The Morgan fingerprint density at radius 1 is 1.50 bits per heavy atom. The predicted molar refractivity (Wildman–Crippen MR) is 51.6 cm³/mol. The van der Waals surface area contributed by atoms with Crippen molar-refractivity contribution in [1.29, 1.82) is 0 Å². The Labute approximate surface area is 79.9 Å². The molecule has 0 aromatic heterocycles. The van der Waals surface area contributed by atoms with Crippen LogP contribution in [-0.2, 0) is 0 Å². The van der Waals surface area contributed by atoms with Gasteiger partial charge in [0.05, 0.1) is 0 Å². The fourth-order valence-electron chi connectivity index (χ4n) is 0.996. The van der Waals surface area contributed by atoms with Gasteiger partial charge in [-0.2, -0.15) is 0 Å². The van der Waals surface area contributed by atoms with Crippen LogP contribution in [0.3, 0.4) is 0 Å². The van der Waals surface area contributed by atoms with E-state index < -0.39 is 0 Å². The summed E-state index contributed by atoms with van der Waals surface area (Å²) in [5, 5.41) is 0. The molecule has 2 N–H and O–H groups in total. The second kappa shape index (κ2) is 4.01. The van der Waals surface area contributed by atoms with Crippen molar-refractivity contribution in [3.63, 3.8) is 0 Å². The highest BCUT2D eigenvalue weighted by Crippen LogP contribution is 2.20. The zero-order valence-corrected chi connectivity index (χ0v) is 8.44. The summed E-state index contributed by atoms with van der Waals surface area (Å²) in [6, 6.07) is 4.84. The maximum Gasteiger partial charge on any atom is 0.124 e. The predicted octanol–water partition coefficient (Wildman–Crippen LogP) is 2.65. The number of hydrogen-bond donors (Lipinski definition) is 1. The van der Waals surface area contributed by atoms with E-state index in [0.29, 0.717) is 6.54 Å². The topological polar surface area (TPSA) is 26.0 Å². The number of hydrogen-bond acceptors (Lipinski definition) is 1. The highest BCUT2D eigenvalue weighted by molar-refractivity contribution is 9.10. The quantitative estimate of drug-likeness (QED) is 0.833. The van der Waals surface area contributed by atoms with Crippen molar-refractivity contribution in [2.45, 2.75) is 12.8 Å². The van der Waals surface area contributed by atoms with Crippen molar-refractivity contribution in [3.8, 4) is 0 Å². The Bertz CT molecular complexity index is 255. The summed E-state index contributed by atoms with van der Waals surface area (Å²) in [5.74, 6) is -0.0170. The van der Waals surface area contributed by atoms with E-state index >= 15 is 0 Å². The first-order chi connectivity index (χ1) is 5.63. The average Bonchev–Trinajstić information content (AvgIpc) is 2.01. The molecule has 66 valence electrons. The summed E-state index contributed by atoms with van der Waals surface area (Å²) >= 11 is 3.23. The van der Waals surface area contributed by atoms with Crippen LogP contribution in [0.2, 0.25) is 0 Å². The first-order valence-electron chi connectivity index (χ1n) is 3.79. The second-order valence-electron chi connectivity index (χ2n) is 2.84. The van der Waals surface area contributed by atoms with Gasteiger partial charge in [-0.1, -0.05) is 22.9 Å². The zero-order chi connectivity index (χ0) is 9.14. The third-order valence-corrected chi connectivity index (χ3v) is 2.27. The van der Waals surface area contributed by atoms with Gasteiger partial charge >= 0.3 is 0 Å². The first-order valence-corrected chi connectivity index (χ1v) is 4.59. The fourth-order valence-corrected chi connectivity index (χ4v) is 1.48. The van der Waals surface area contributed by atoms with Gasteiger partial charge in [-0.3, -0.25) is 0 Å². The highest BCUT2D eigenvalue weighted by atomic mass is 79.9. The van der Waals surface area contributed by atoms with Crippen molar-refractivity contribution in [2.75, 3.05) is 6.54 Å². The molecule has 1 aromatic rings. The van der Waals surface area contributed by atoms with E-state index in [0.717, 1.165) is 10.0 Å². The van der Waals surface area contributed by atoms with E-state index in [1.165, 1.54) is 12.1 Å². The molecule has 0 fully saturated rings. The smallest absolute Gasteiger partial charge is 0.124 e. The summed E-state index contributed by atoms with van der Waals surface area (Å²) in [5.41, 5.74) is 6.40. The summed E-state index contributed by atoms with van der Waals surface area (Å²) in [4.78, 5) is 0. The Morgan fingerprint density at radius 2 is 2.17 bits per heavy atom. The van der Waals surface area contributed by atoms with Crippen molar-refractivity contribution in [1.82, 2.24) is 0 Å². The van der Waals surface area contributed by atoms with Crippen LogP contribution in [0.1, 0.15) is 18.4 Å². The van der Waals surface area contributed by atoms with Crippen molar-refractivity contribution < 1.29 is 4.39 Å². The van der Waals surface area contributed by atoms with Gasteiger partial charge < -0.3 is 5.73 Å². The monoisotopic (exact) mass is 231 g/mol. The Morgan fingerprint density at radius 3 is 2.67 bits per heavy atom. The van der Waals surface area contributed by atoms with Crippen LogP contribution < -0.4 is 5.73 Å². The van der Waals surface area contributed by atoms with Gasteiger partial charge in [-0.15, -0.1) is 0 Å². The summed E-state index contributed by atoms with van der Waals surface area (Å²) < 4.78 is 13.6. The molecule has 12 heavy (non-hydrogen) atoms. The van der Waals surface area contributed by atoms with E-state index in [1.807, 2.05) is 13.0 Å². The van der Waals surface area contributed by atoms with E-state index in [-0.39, 0.29) is 11.7 Å². The molecule has 0 aliphatic heterocycles. The molecule has 1 atom stereocenters. The molecular formula is C9H11BrFN. The Balaban J connectivity index is 3.00. The average molecular weight is 232 g/mol. The summed E-state index contributed by atoms with van der Waals surface area (Å²) in [6.07, 6.45) is 0. The molecule has 0 saturated heterocycles. The molecule has 0 heterocycles. The lowest BCUT2D eigenvalue weighted by Crippen LogP contribution is -2.08. The standard InChI is InChI=1S/C9H11BrFN/c1-6(5-12)7-2-8(10)4-9(11)3-7/h2-4,6H,5,12H2,1H3/t6-/m1/s1. The lowest BCUT2D eigenvalue weighted by Gasteiger charge is -2.08. The normalized spacial score (nSPS) is 13.0. The Hall–Kier alpha value is -0.410. The molecule has 0 aliphatic rings. The molecular weight excluding hydrogens is 221 g/mol. The number of halogens is 2. The van der Waals surface area contributed by atoms with Crippen LogP contribution in [0.25, 0.3) is 0 Å². The summed E-state index contributed by atoms with van der Waals surface area (Å²) in [6.45, 7) is 2.51. The van der Waals surface area contributed by atoms with Crippen LogP contribution in [0.5, 0.6) is 0 Å². The Kier molecular flexibility index (Phi) is 3.23. The SMILES string of the molecule is C[C@H](CN)c1cc(F)cc(Br)c1. The lowest BCUT2D eigenvalue weighted by atomic mass is 10.0. The lowest BCUT2D eigenvalue weighted by molar-refractivity contribution is 0.620. The molecule has 0 bridgehead atoms. The molecule has 0 aliphatic carbocycles. The van der Waals surface area contributed by atoms with Gasteiger partial charge in [0.15, 0.2) is 0 Å². The highest BCUT2D eigenvalue weighted by Gasteiger charge is 2.05. The number of benzene rings is 1. The van der Waals surface area contributed by atoms with Gasteiger partial charge in [0.1, 0.15) is 5.82 Å². The largest absolute Gasteiger partial charge is 0.330 e. The molecule has 1 aromatic carbocycles. The third-order valence-electron chi connectivity index (χ3n) is 1.81. The van der Waals surface area contributed by atoms with Crippen LogP contribution in [0.4, 0.5) is 4.39 Å². The van der Waals surface area contributed by atoms with Crippen LogP contribution in [0, 0.1) is 5.82 Å². The minimum atomic E-state index is -0.223. The van der Waals surface area contributed by atoms with Gasteiger partial charge in [-0.05, 0) is 36.2 Å². The van der Waals surface area contributed by atoms with E-state index in [2.05, 4.69) is 15.9 Å². The number of nitrogens with two attached hydrogens (primary N) is 1. The van der Waals surface area contributed by atoms with Crippen LogP contribution in [-0.4, -0.2) is 6.54 Å². The van der Waals surface area contributed by atoms with Gasteiger partial charge in [0.2, 0.25) is 0 Å². The minimum Gasteiger partial charge on any atom is -0.330 e. The molecule has 0 saturated carbocycles. The maximum absolute atomic E-state index is 12.9. The maximum atomic E-state index is 12.9. The molecule has 0 radical (unpaired) electrons. The van der Waals surface area contributed by atoms with Crippen molar-refractivity contribution in [3.05, 3.63) is 34.1 Å². The first kappa shape index (κ1) is 9.68. The molecule has 1 rings (SSSR count). The van der Waals surface area contributed by atoms with Gasteiger partial charge in [0, 0.05) is 4.47 Å². The zero-order valence-electron chi connectivity index (χ0n) is 6.85. The van der Waals surface area contributed by atoms with Crippen molar-refractivity contribution in [2.24, 2.45) is 5.73 Å². The van der Waals surface area contributed by atoms with E-state index in [4.69, 9.17) is 5.73 Å². The van der Waals surface area contributed by atoms with Crippen molar-refractivity contribution >= 4 is 15.9 Å². The molecule has 0 unspecified atom stereocenters. The van der Waals surface area contributed by atoms with E-state index in [1.54, 1.807) is 0 Å².